The maximum Gasteiger partial charge on any atom is 0.237 e. The molecule has 0 unspecified atom stereocenters. The molecule has 3 aromatic rings. The fourth-order valence-corrected chi connectivity index (χ4v) is 6.66. The summed E-state index contributed by atoms with van der Waals surface area (Å²) in [4.78, 5) is 21.1. The van der Waals surface area contributed by atoms with Crippen LogP contribution in [-0.4, -0.2) is 56.1 Å². The second kappa shape index (κ2) is 8.70. The minimum absolute atomic E-state index is 0.00656. The number of amides is 1. The normalized spacial score (nSPS) is 22.4. The topological polar surface area (TPSA) is 73.5 Å². The number of anilines is 1. The van der Waals surface area contributed by atoms with Crippen LogP contribution in [0.1, 0.15) is 56.2 Å². The molecule has 1 N–H and O–H groups in total. The molecule has 36 heavy (non-hydrogen) atoms. The molecular formula is C28H34FN3O3S. The van der Waals surface area contributed by atoms with Crippen molar-refractivity contribution in [3.63, 3.8) is 0 Å². The van der Waals surface area contributed by atoms with Gasteiger partial charge < -0.3 is 9.88 Å². The van der Waals surface area contributed by atoms with Gasteiger partial charge in [-0.1, -0.05) is 0 Å². The van der Waals surface area contributed by atoms with E-state index in [1.807, 2.05) is 37.9 Å². The lowest BCUT2D eigenvalue weighted by atomic mass is 9.85. The van der Waals surface area contributed by atoms with Crippen LogP contribution in [0.4, 0.5) is 10.1 Å². The third-order valence-corrected chi connectivity index (χ3v) is 9.40. The zero-order chi connectivity index (χ0) is 26.0. The Morgan fingerprint density at radius 1 is 1.17 bits per heavy atom. The van der Waals surface area contributed by atoms with E-state index in [4.69, 9.17) is 0 Å². The summed E-state index contributed by atoms with van der Waals surface area (Å²) in [5, 5.41) is 1.11. The molecule has 0 radical (unpaired) electrons. The van der Waals surface area contributed by atoms with Gasteiger partial charge in [-0.3, -0.25) is 9.69 Å². The van der Waals surface area contributed by atoms with Gasteiger partial charge in [0.05, 0.1) is 15.8 Å². The first-order valence-electron chi connectivity index (χ1n) is 12.6. The van der Waals surface area contributed by atoms with Crippen LogP contribution in [0.25, 0.3) is 10.9 Å². The van der Waals surface area contributed by atoms with E-state index < -0.39 is 15.3 Å². The molecule has 5 rings (SSSR count). The third-order valence-electron chi connectivity index (χ3n) is 8.29. The summed E-state index contributed by atoms with van der Waals surface area (Å²) < 4.78 is 38.1. The third kappa shape index (κ3) is 4.04. The van der Waals surface area contributed by atoms with Crippen LogP contribution in [0.2, 0.25) is 0 Å². The largest absolute Gasteiger partial charge is 0.361 e. The molecule has 0 aliphatic carbocycles. The number of nitrogens with one attached hydrogen (secondary N) is 1. The Bertz CT molecular complexity index is 1460. The predicted octanol–water partition coefficient (Wildman–Crippen LogP) is 4.91. The highest BCUT2D eigenvalue weighted by atomic mass is 32.2. The summed E-state index contributed by atoms with van der Waals surface area (Å²) in [6.07, 6.45) is 5.23. The fourth-order valence-electron chi connectivity index (χ4n) is 6.01. The van der Waals surface area contributed by atoms with Gasteiger partial charge in [0.1, 0.15) is 5.82 Å². The minimum atomic E-state index is -3.35. The maximum atomic E-state index is 14.0. The first kappa shape index (κ1) is 25.0. The quantitative estimate of drug-likeness (QED) is 0.528. The SMILES string of the molecule is Cc1c(F)ccc2c([C@@H]3CCN(CCN4C(=O)C(C)(C)c5cc(S(C)(=O)=O)ccc54)[C@@H](C)C3)c[nH]c12. The fraction of sp³-hybridized carbons (Fsp3) is 0.464. The number of piperidine rings is 1. The number of aromatic amines is 1. The van der Waals surface area contributed by atoms with Crippen LogP contribution in [0.5, 0.6) is 0 Å². The Hall–Kier alpha value is -2.71. The number of likely N-dealkylation sites (tertiary alicyclic amines) is 1. The number of nitrogens with zero attached hydrogens (tertiary/aromatic N) is 2. The Balaban J connectivity index is 1.29. The van der Waals surface area contributed by atoms with E-state index in [-0.39, 0.29) is 16.6 Å². The van der Waals surface area contributed by atoms with Crippen molar-refractivity contribution in [2.75, 3.05) is 30.8 Å². The van der Waals surface area contributed by atoms with Crippen LogP contribution in [0.3, 0.4) is 0 Å². The maximum absolute atomic E-state index is 14.0. The Labute approximate surface area is 212 Å². The molecule has 1 saturated heterocycles. The van der Waals surface area contributed by atoms with Crippen LogP contribution in [0, 0.1) is 12.7 Å². The predicted molar refractivity (Wildman–Crippen MR) is 141 cm³/mol. The van der Waals surface area contributed by atoms with Crippen molar-refractivity contribution in [1.29, 1.82) is 0 Å². The first-order valence-corrected chi connectivity index (χ1v) is 14.5. The number of H-pyrrole nitrogens is 1. The molecule has 0 saturated carbocycles. The summed E-state index contributed by atoms with van der Waals surface area (Å²) in [6.45, 7) is 10.0. The lowest BCUT2D eigenvalue weighted by Gasteiger charge is -2.38. The lowest BCUT2D eigenvalue weighted by molar-refractivity contribution is -0.122. The smallest absolute Gasteiger partial charge is 0.237 e. The van der Waals surface area contributed by atoms with Crippen molar-refractivity contribution in [3.8, 4) is 0 Å². The summed E-state index contributed by atoms with van der Waals surface area (Å²) in [5.74, 6) is 0.220. The van der Waals surface area contributed by atoms with E-state index in [9.17, 15) is 17.6 Å². The number of aryl methyl sites for hydroxylation is 1. The monoisotopic (exact) mass is 511 g/mol. The number of aromatic nitrogens is 1. The molecular weight excluding hydrogens is 477 g/mol. The van der Waals surface area contributed by atoms with Gasteiger partial charge in [0.15, 0.2) is 9.84 Å². The van der Waals surface area contributed by atoms with Crippen molar-refractivity contribution < 1.29 is 17.6 Å². The second-order valence-corrected chi connectivity index (χ2v) is 13.0. The van der Waals surface area contributed by atoms with Crippen molar-refractivity contribution >= 4 is 32.3 Å². The van der Waals surface area contributed by atoms with E-state index in [0.717, 1.165) is 48.1 Å². The standard InChI is InChI=1S/C28H34FN3O3S/c1-17-14-19(22-16-30-26-18(2)24(29)8-7-21(22)26)10-11-31(17)12-13-32-25-9-6-20(36(5,34)35)15-23(25)28(3,4)27(32)33/h6-9,15-17,19,30H,10-14H2,1-5H3/t17-,19+/m0/s1. The number of fused-ring (bicyclic) bond motifs is 2. The molecule has 2 aliphatic rings. The average Bonchev–Trinajstić information content (AvgIpc) is 3.33. The van der Waals surface area contributed by atoms with Crippen molar-refractivity contribution in [3.05, 3.63) is 59.0 Å². The number of hydrogen-bond acceptors (Lipinski definition) is 4. The molecule has 2 atom stereocenters. The molecule has 0 spiro atoms. The van der Waals surface area contributed by atoms with E-state index in [1.165, 1.54) is 11.8 Å². The van der Waals surface area contributed by atoms with E-state index >= 15 is 0 Å². The van der Waals surface area contributed by atoms with Gasteiger partial charge in [-0.05, 0) is 94.5 Å². The van der Waals surface area contributed by atoms with Gasteiger partial charge in [-0.15, -0.1) is 0 Å². The van der Waals surface area contributed by atoms with Crippen LogP contribution in [0.15, 0.2) is 41.4 Å². The molecule has 2 aliphatic heterocycles. The minimum Gasteiger partial charge on any atom is -0.361 e. The molecule has 6 nitrogen and oxygen atoms in total. The number of carbonyl (C=O) groups is 1. The molecule has 1 aromatic heterocycles. The molecule has 8 heteroatoms. The molecule has 2 aromatic carbocycles. The Morgan fingerprint density at radius 2 is 1.92 bits per heavy atom. The highest BCUT2D eigenvalue weighted by molar-refractivity contribution is 7.90. The second-order valence-electron chi connectivity index (χ2n) is 11.0. The Morgan fingerprint density at radius 3 is 2.61 bits per heavy atom. The van der Waals surface area contributed by atoms with Crippen molar-refractivity contribution in [2.24, 2.45) is 0 Å². The van der Waals surface area contributed by atoms with E-state index in [1.54, 1.807) is 24.3 Å². The van der Waals surface area contributed by atoms with Gasteiger partial charge in [0, 0.05) is 48.2 Å². The highest BCUT2D eigenvalue weighted by Gasteiger charge is 2.44. The lowest BCUT2D eigenvalue weighted by Crippen LogP contribution is -2.46. The van der Waals surface area contributed by atoms with Gasteiger partial charge in [-0.25, -0.2) is 12.8 Å². The zero-order valence-electron chi connectivity index (χ0n) is 21.6. The number of rotatable bonds is 5. The number of benzene rings is 2. The molecule has 192 valence electrons. The van der Waals surface area contributed by atoms with Crippen LogP contribution in [-0.2, 0) is 20.0 Å². The van der Waals surface area contributed by atoms with E-state index in [0.29, 0.717) is 24.1 Å². The number of carbonyl (C=O) groups excluding carboxylic acids is 1. The summed E-state index contributed by atoms with van der Waals surface area (Å²) in [7, 11) is -3.35. The zero-order valence-corrected chi connectivity index (χ0v) is 22.4. The summed E-state index contributed by atoms with van der Waals surface area (Å²) in [6, 6.07) is 8.81. The Kier molecular flexibility index (Phi) is 6.03. The average molecular weight is 512 g/mol. The van der Waals surface area contributed by atoms with Gasteiger partial charge in [-0.2, -0.15) is 0 Å². The molecule has 3 heterocycles. The van der Waals surface area contributed by atoms with Gasteiger partial charge in [0.25, 0.3) is 0 Å². The summed E-state index contributed by atoms with van der Waals surface area (Å²) >= 11 is 0. The number of hydrogen-bond donors (Lipinski definition) is 1. The summed E-state index contributed by atoms with van der Waals surface area (Å²) in [5.41, 5.74) is 3.61. The number of sulfone groups is 1. The molecule has 0 bridgehead atoms. The van der Waals surface area contributed by atoms with Crippen LogP contribution >= 0.6 is 0 Å². The highest BCUT2D eigenvalue weighted by Crippen LogP contribution is 2.43. The first-order chi connectivity index (χ1) is 16.9. The van der Waals surface area contributed by atoms with E-state index in [2.05, 4.69) is 16.8 Å². The molecule has 1 fully saturated rings. The van der Waals surface area contributed by atoms with Crippen molar-refractivity contribution in [2.45, 2.75) is 62.8 Å². The number of halogens is 1. The van der Waals surface area contributed by atoms with Crippen molar-refractivity contribution in [1.82, 2.24) is 9.88 Å². The van der Waals surface area contributed by atoms with Gasteiger partial charge in [0.2, 0.25) is 5.91 Å². The van der Waals surface area contributed by atoms with Crippen LogP contribution < -0.4 is 4.90 Å². The van der Waals surface area contributed by atoms with Gasteiger partial charge >= 0.3 is 0 Å². The molecule has 1 amide bonds.